The van der Waals surface area contributed by atoms with E-state index in [1.54, 1.807) is 26.0 Å². The summed E-state index contributed by atoms with van der Waals surface area (Å²) in [6.45, 7) is 3.44. The number of rotatable bonds is 4. The summed E-state index contributed by atoms with van der Waals surface area (Å²) in [5, 5.41) is 22.0. The fraction of sp³-hybridized carbons (Fsp3) is 0.107. The van der Waals surface area contributed by atoms with Crippen molar-refractivity contribution in [3.05, 3.63) is 90.4 Å². The second-order valence-corrected chi connectivity index (χ2v) is 8.66. The van der Waals surface area contributed by atoms with E-state index >= 15 is 0 Å². The second-order valence-electron chi connectivity index (χ2n) is 8.66. The number of fused-ring (bicyclic) bond motifs is 2. The molecule has 0 fully saturated rings. The van der Waals surface area contributed by atoms with Crippen LogP contribution in [-0.2, 0) is 10.2 Å². The maximum Gasteiger partial charge on any atom is 0.315 e. The van der Waals surface area contributed by atoms with Gasteiger partial charge in [0.2, 0.25) is 0 Å². The summed E-state index contributed by atoms with van der Waals surface area (Å²) < 4.78 is 0. The smallest absolute Gasteiger partial charge is 0.315 e. The van der Waals surface area contributed by atoms with E-state index in [9.17, 15) is 9.90 Å². The molecule has 0 bridgehead atoms. The number of carboxylic acids is 1. The third-order valence-electron chi connectivity index (χ3n) is 6.24. The monoisotopic (exact) mass is 431 g/mol. The number of nitriles is 1. The van der Waals surface area contributed by atoms with Crippen LogP contribution in [-0.4, -0.2) is 21.0 Å². The van der Waals surface area contributed by atoms with Crippen molar-refractivity contribution in [2.45, 2.75) is 19.3 Å². The van der Waals surface area contributed by atoms with Crippen LogP contribution in [0.15, 0.2) is 79.1 Å². The van der Waals surface area contributed by atoms with Crippen molar-refractivity contribution in [3.63, 3.8) is 0 Å². The van der Waals surface area contributed by atoms with Crippen LogP contribution in [0.2, 0.25) is 0 Å². The van der Waals surface area contributed by atoms with Gasteiger partial charge in [0.25, 0.3) is 0 Å². The Morgan fingerprint density at radius 1 is 0.970 bits per heavy atom. The normalized spacial score (nSPS) is 11.5. The van der Waals surface area contributed by atoms with E-state index in [1.165, 1.54) is 0 Å². The average molecular weight is 431 g/mol. The number of aromatic amines is 1. The highest BCUT2D eigenvalue weighted by atomic mass is 16.4. The van der Waals surface area contributed by atoms with Gasteiger partial charge in [-0.15, -0.1) is 0 Å². The molecule has 0 spiro atoms. The summed E-state index contributed by atoms with van der Waals surface area (Å²) >= 11 is 0. The van der Waals surface area contributed by atoms with Gasteiger partial charge in [-0.3, -0.25) is 9.78 Å². The number of aromatic nitrogens is 2. The molecule has 5 heteroatoms. The minimum absolute atomic E-state index is 0.604. The van der Waals surface area contributed by atoms with E-state index in [0.717, 1.165) is 43.9 Å². The van der Waals surface area contributed by atoms with Crippen molar-refractivity contribution in [1.82, 2.24) is 9.97 Å². The maximum atomic E-state index is 12.1. The Kier molecular flexibility index (Phi) is 4.72. The van der Waals surface area contributed by atoms with E-state index in [1.807, 2.05) is 60.9 Å². The molecule has 5 rings (SSSR count). The highest BCUT2D eigenvalue weighted by Gasteiger charge is 2.34. The quantitative estimate of drug-likeness (QED) is 0.350. The molecule has 0 aliphatic carbocycles. The summed E-state index contributed by atoms with van der Waals surface area (Å²) in [6, 6.07) is 23.6. The Morgan fingerprint density at radius 2 is 1.70 bits per heavy atom. The lowest BCUT2D eigenvalue weighted by atomic mass is 9.84. The lowest BCUT2D eigenvalue weighted by Gasteiger charge is -2.20. The molecule has 5 aromatic rings. The fourth-order valence-electron chi connectivity index (χ4n) is 4.29. The van der Waals surface area contributed by atoms with Crippen LogP contribution in [0, 0.1) is 11.3 Å². The predicted octanol–water partition coefficient (Wildman–Crippen LogP) is 6.28. The van der Waals surface area contributed by atoms with E-state index in [2.05, 4.69) is 22.1 Å². The SMILES string of the molecule is CC(C)(C(=O)O)c1[nH]c2ccccc2c1-c1ccc2cncc(-c3ccc(C#N)cc3)c2c1. The summed E-state index contributed by atoms with van der Waals surface area (Å²) in [4.78, 5) is 19.9. The molecule has 0 saturated heterocycles. The average Bonchev–Trinajstić information content (AvgIpc) is 3.24. The molecular weight excluding hydrogens is 410 g/mol. The number of H-pyrrole nitrogens is 1. The van der Waals surface area contributed by atoms with Gasteiger partial charge in [-0.2, -0.15) is 5.26 Å². The number of pyridine rings is 1. The van der Waals surface area contributed by atoms with Crippen LogP contribution in [0.1, 0.15) is 25.1 Å². The van der Waals surface area contributed by atoms with E-state index in [-0.39, 0.29) is 0 Å². The lowest BCUT2D eigenvalue weighted by Crippen LogP contribution is -2.29. The number of carboxylic acid groups (broad SMARTS) is 1. The molecule has 5 nitrogen and oxygen atoms in total. The molecule has 0 unspecified atom stereocenters. The zero-order chi connectivity index (χ0) is 23.2. The van der Waals surface area contributed by atoms with Gasteiger partial charge in [0, 0.05) is 45.5 Å². The van der Waals surface area contributed by atoms with E-state index in [4.69, 9.17) is 5.26 Å². The van der Waals surface area contributed by atoms with Gasteiger partial charge >= 0.3 is 5.97 Å². The number of aliphatic carboxylic acids is 1. The molecule has 3 aromatic carbocycles. The second kappa shape index (κ2) is 7.61. The van der Waals surface area contributed by atoms with Gasteiger partial charge in [0.05, 0.1) is 11.6 Å². The van der Waals surface area contributed by atoms with Crippen LogP contribution in [0.3, 0.4) is 0 Å². The van der Waals surface area contributed by atoms with Crippen molar-refractivity contribution in [3.8, 4) is 28.3 Å². The molecule has 33 heavy (non-hydrogen) atoms. The zero-order valence-electron chi connectivity index (χ0n) is 18.3. The first-order valence-electron chi connectivity index (χ1n) is 10.6. The van der Waals surface area contributed by atoms with Gasteiger partial charge in [-0.25, -0.2) is 0 Å². The van der Waals surface area contributed by atoms with Crippen LogP contribution < -0.4 is 0 Å². The molecule has 0 atom stereocenters. The van der Waals surface area contributed by atoms with Gasteiger partial charge in [-0.05, 0) is 54.6 Å². The number of nitrogens with zero attached hydrogens (tertiary/aromatic N) is 2. The van der Waals surface area contributed by atoms with Crippen LogP contribution in [0.4, 0.5) is 0 Å². The van der Waals surface area contributed by atoms with Crippen LogP contribution in [0.25, 0.3) is 43.9 Å². The summed E-state index contributed by atoms with van der Waals surface area (Å²) in [5.41, 5.74) is 4.83. The molecule has 160 valence electrons. The molecule has 2 heterocycles. The molecule has 0 amide bonds. The Balaban J connectivity index is 1.78. The number of benzene rings is 3. The first-order valence-corrected chi connectivity index (χ1v) is 10.6. The van der Waals surface area contributed by atoms with Crippen molar-refractivity contribution < 1.29 is 9.90 Å². The third kappa shape index (κ3) is 3.33. The van der Waals surface area contributed by atoms with Gasteiger partial charge in [0.1, 0.15) is 5.41 Å². The minimum Gasteiger partial charge on any atom is -0.481 e. The Labute approximate surface area is 191 Å². The number of hydrogen-bond acceptors (Lipinski definition) is 3. The van der Waals surface area contributed by atoms with E-state index in [0.29, 0.717) is 11.3 Å². The molecule has 2 N–H and O–H groups in total. The molecule has 2 aromatic heterocycles. The summed E-state index contributed by atoms with van der Waals surface area (Å²) in [6.07, 6.45) is 3.65. The Bertz CT molecular complexity index is 1570. The molecule has 0 aliphatic heterocycles. The van der Waals surface area contributed by atoms with Crippen molar-refractivity contribution >= 4 is 27.6 Å². The van der Waals surface area contributed by atoms with Crippen molar-refractivity contribution in [1.29, 1.82) is 5.26 Å². The van der Waals surface area contributed by atoms with Crippen LogP contribution >= 0.6 is 0 Å². The Hall–Kier alpha value is -4.43. The number of nitrogens with one attached hydrogen (secondary N) is 1. The zero-order valence-corrected chi connectivity index (χ0v) is 18.3. The number of para-hydroxylation sites is 1. The van der Waals surface area contributed by atoms with E-state index < -0.39 is 11.4 Å². The first-order chi connectivity index (χ1) is 15.9. The number of hydrogen-bond donors (Lipinski definition) is 2. The lowest BCUT2D eigenvalue weighted by molar-refractivity contribution is -0.142. The topological polar surface area (TPSA) is 89.8 Å². The minimum atomic E-state index is -1.10. The fourth-order valence-corrected chi connectivity index (χ4v) is 4.29. The third-order valence-corrected chi connectivity index (χ3v) is 6.24. The highest BCUT2D eigenvalue weighted by molar-refractivity contribution is 6.04. The maximum absolute atomic E-state index is 12.1. The summed E-state index contributed by atoms with van der Waals surface area (Å²) in [5.74, 6) is -0.890. The molecule has 0 aliphatic rings. The summed E-state index contributed by atoms with van der Waals surface area (Å²) in [7, 11) is 0. The molecular formula is C28H21N3O2. The standard InChI is InChI=1S/C28H21N3O2/c1-28(2,27(32)33)26-25(21-5-3-4-6-24(21)31-26)19-11-12-20-15-30-16-23(22(20)13-19)18-9-7-17(14-29)8-10-18/h3-13,15-16,31H,1-2H3,(H,32,33). The van der Waals surface area contributed by atoms with Gasteiger partial charge < -0.3 is 10.1 Å². The largest absolute Gasteiger partial charge is 0.481 e. The van der Waals surface area contributed by atoms with Crippen molar-refractivity contribution in [2.24, 2.45) is 0 Å². The first kappa shape index (κ1) is 20.5. The van der Waals surface area contributed by atoms with Crippen LogP contribution in [0.5, 0.6) is 0 Å². The predicted molar refractivity (Wildman–Crippen MR) is 130 cm³/mol. The van der Waals surface area contributed by atoms with Gasteiger partial charge in [0.15, 0.2) is 0 Å². The Morgan fingerprint density at radius 3 is 2.42 bits per heavy atom. The number of carbonyl (C=O) groups is 1. The highest BCUT2D eigenvalue weighted by Crippen LogP contribution is 2.40. The van der Waals surface area contributed by atoms with Gasteiger partial charge in [-0.1, -0.05) is 42.5 Å². The molecule has 0 saturated carbocycles. The van der Waals surface area contributed by atoms with Crippen molar-refractivity contribution in [2.75, 3.05) is 0 Å². The molecule has 0 radical (unpaired) electrons.